The molecule has 26 heavy (non-hydrogen) atoms. The van der Waals surface area contributed by atoms with Crippen LogP contribution < -0.4 is 5.73 Å². The Morgan fingerprint density at radius 3 is 1.92 bits per heavy atom. The topological polar surface area (TPSA) is 63.3 Å². The van der Waals surface area contributed by atoms with Crippen molar-refractivity contribution < 1.29 is 9.90 Å². The second kappa shape index (κ2) is 14.9. The average Bonchev–Trinajstić information content (AvgIpc) is 2.66. The molecule has 0 fully saturated rings. The van der Waals surface area contributed by atoms with Crippen molar-refractivity contribution in [2.75, 3.05) is 0 Å². The molecule has 1 rings (SSSR count). The molecule has 0 bridgehead atoms. The second-order valence-electron chi connectivity index (χ2n) is 7.55. The highest BCUT2D eigenvalue weighted by molar-refractivity contribution is 5.79. The van der Waals surface area contributed by atoms with Crippen molar-refractivity contribution in [2.45, 2.75) is 103 Å². The average molecular weight is 362 g/mol. The molecule has 0 saturated heterocycles. The quantitative estimate of drug-likeness (QED) is 0.371. The molecule has 2 unspecified atom stereocenters. The fraction of sp³-hybridized carbons (Fsp3) is 0.696. The number of unbranched alkanes of at least 4 members (excludes halogenated alkanes) is 10. The van der Waals surface area contributed by atoms with Crippen LogP contribution in [0.25, 0.3) is 0 Å². The van der Waals surface area contributed by atoms with Crippen LogP contribution in [0.1, 0.15) is 102 Å². The lowest BCUT2D eigenvalue weighted by atomic mass is 9.97. The van der Waals surface area contributed by atoms with E-state index in [-0.39, 0.29) is 12.2 Å². The minimum absolute atomic E-state index is 0.170. The Morgan fingerprint density at radius 2 is 1.38 bits per heavy atom. The van der Waals surface area contributed by atoms with E-state index in [0.29, 0.717) is 6.42 Å². The van der Waals surface area contributed by atoms with Gasteiger partial charge in [-0.1, -0.05) is 101 Å². The first-order valence-electron chi connectivity index (χ1n) is 10.7. The van der Waals surface area contributed by atoms with Crippen LogP contribution in [0, 0.1) is 0 Å². The molecular weight excluding hydrogens is 322 g/mol. The lowest BCUT2D eigenvalue weighted by Gasteiger charge is -2.18. The van der Waals surface area contributed by atoms with E-state index >= 15 is 0 Å². The number of nitrogens with two attached hydrogens (primary N) is 1. The van der Waals surface area contributed by atoms with Gasteiger partial charge in [0, 0.05) is 18.9 Å². The van der Waals surface area contributed by atoms with Crippen molar-refractivity contribution in [2.24, 2.45) is 5.73 Å². The van der Waals surface area contributed by atoms with Crippen molar-refractivity contribution in [1.29, 1.82) is 0 Å². The number of carbonyl (C=O) groups excluding carboxylic acids is 1. The summed E-state index contributed by atoms with van der Waals surface area (Å²) < 4.78 is 0. The molecule has 0 radical (unpaired) electrons. The Kier molecular flexibility index (Phi) is 13.1. The molecule has 0 amide bonds. The number of rotatable bonds is 16. The molecule has 2 atom stereocenters. The zero-order valence-corrected chi connectivity index (χ0v) is 16.7. The number of aliphatic hydroxyl groups excluding tert-OH is 1. The molecule has 148 valence electrons. The molecule has 1 aromatic rings. The molecule has 0 saturated carbocycles. The van der Waals surface area contributed by atoms with Gasteiger partial charge in [0.25, 0.3) is 0 Å². The zero-order valence-electron chi connectivity index (χ0n) is 16.7. The van der Waals surface area contributed by atoms with Gasteiger partial charge in [0.05, 0.1) is 6.10 Å². The van der Waals surface area contributed by atoms with E-state index in [1.807, 2.05) is 30.3 Å². The summed E-state index contributed by atoms with van der Waals surface area (Å²) in [7, 11) is 0. The summed E-state index contributed by atoms with van der Waals surface area (Å²) in [6.07, 6.45) is 14.2. The van der Waals surface area contributed by atoms with Crippen molar-refractivity contribution in [3.63, 3.8) is 0 Å². The predicted octanol–water partition coefficient (Wildman–Crippen LogP) is 5.71. The number of carbonyl (C=O) groups is 1. The number of Topliss-reactive ketones (excluding diaryl/α,β-unsaturated/α-hetero) is 1. The van der Waals surface area contributed by atoms with Crippen LogP contribution in [-0.4, -0.2) is 16.9 Å². The molecule has 0 aliphatic carbocycles. The highest BCUT2D eigenvalue weighted by Crippen LogP contribution is 2.18. The molecule has 0 aromatic heterocycles. The third-order valence-electron chi connectivity index (χ3n) is 5.07. The Bertz CT molecular complexity index is 461. The molecule has 0 heterocycles. The smallest absolute Gasteiger partial charge is 0.134 e. The molecular formula is C23H39NO2. The van der Waals surface area contributed by atoms with Gasteiger partial charge >= 0.3 is 0 Å². The van der Waals surface area contributed by atoms with E-state index in [1.165, 1.54) is 57.8 Å². The summed E-state index contributed by atoms with van der Waals surface area (Å²) in [4.78, 5) is 12.1. The van der Waals surface area contributed by atoms with E-state index in [9.17, 15) is 9.90 Å². The van der Waals surface area contributed by atoms with E-state index in [0.717, 1.165) is 18.4 Å². The van der Waals surface area contributed by atoms with Crippen molar-refractivity contribution >= 4 is 5.78 Å². The van der Waals surface area contributed by atoms with Crippen LogP contribution in [-0.2, 0) is 4.79 Å². The molecule has 1 aromatic carbocycles. The van der Waals surface area contributed by atoms with Crippen LogP contribution in [0.3, 0.4) is 0 Å². The van der Waals surface area contributed by atoms with Gasteiger partial charge in [-0.25, -0.2) is 0 Å². The number of hydrogen-bond donors (Lipinski definition) is 2. The first-order valence-corrected chi connectivity index (χ1v) is 10.7. The fourth-order valence-corrected chi connectivity index (χ4v) is 3.36. The molecule has 3 nitrogen and oxygen atoms in total. The molecule has 0 aliphatic rings. The second-order valence-corrected chi connectivity index (χ2v) is 7.55. The number of ketones is 1. The summed E-state index contributed by atoms with van der Waals surface area (Å²) in [6, 6.07) is 8.82. The summed E-state index contributed by atoms with van der Waals surface area (Å²) in [5.41, 5.74) is 6.79. The maximum absolute atomic E-state index is 12.1. The van der Waals surface area contributed by atoms with E-state index < -0.39 is 12.1 Å². The minimum atomic E-state index is -0.766. The van der Waals surface area contributed by atoms with Crippen LogP contribution in [0.15, 0.2) is 30.3 Å². The Hall–Kier alpha value is -1.19. The zero-order chi connectivity index (χ0) is 19.0. The van der Waals surface area contributed by atoms with Gasteiger partial charge in [-0.15, -0.1) is 0 Å². The van der Waals surface area contributed by atoms with E-state index in [2.05, 4.69) is 6.92 Å². The normalized spacial score (nSPS) is 13.5. The molecule has 0 aliphatic heterocycles. The van der Waals surface area contributed by atoms with Gasteiger partial charge in [0.1, 0.15) is 5.78 Å². The van der Waals surface area contributed by atoms with Crippen LogP contribution in [0.4, 0.5) is 0 Å². The molecule has 0 spiro atoms. The van der Waals surface area contributed by atoms with Gasteiger partial charge in [0.2, 0.25) is 0 Å². The van der Waals surface area contributed by atoms with E-state index in [1.54, 1.807) is 0 Å². The third kappa shape index (κ3) is 10.7. The third-order valence-corrected chi connectivity index (χ3v) is 5.07. The van der Waals surface area contributed by atoms with Gasteiger partial charge in [-0.3, -0.25) is 4.79 Å². The van der Waals surface area contributed by atoms with Crippen molar-refractivity contribution in [1.82, 2.24) is 0 Å². The first-order chi connectivity index (χ1) is 12.6. The number of benzene rings is 1. The first kappa shape index (κ1) is 22.9. The predicted molar refractivity (Wildman–Crippen MR) is 110 cm³/mol. The minimum Gasteiger partial charge on any atom is -0.387 e. The Labute approximate surface area is 160 Å². The van der Waals surface area contributed by atoms with Gasteiger partial charge in [-0.2, -0.15) is 0 Å². The summed E-state index contributed by atoms with van der Waals surface area (Å²) in [5, 5.41) is 10.2. The summed E-state index contributed by atoms with van der Waals surface area (Å²) in [6.45, 7) is 2.25. The van der Waals surface area contributed by atoms with Gasteiger partial charge in [-0.05, 0) is 12.0 Å². The highest BCUT2D eigenvalue weighted by Gasteiger charge is 2.19. The SMILES string of the molecule is CCCCCCCCCCCCCC(=O)CC(N)C(O)c1ccccc1. The van der Waals surface area contributed by atoms with E-state index in [4.69, 9.17) is 5.73 Å². The molecule has 3 heteroatoms. The lowest BCUT2D eigenvalue weighted by molar-refractivity contribution is -0.120. The van der Waals surface area contributed by atoms with Gasteiger partial charge < -0.3 is 10.8 Å². The maximum atomic E-state index is 12.1. The standard InChI is InChI=1S/C23H39NO2/c1-2-3-4-5-6-7-8-9-10-11-15-18-21(25)19-22(24)23(26)20-16-13-12-14-17-20/h12-14,16-17,22-23,26H,2-11,15,18-19,24H2,1H3. The van der Waals surface area contributed by atoms with Crippen LogP contribution in [0.5, 0.6) is 0 Å². The van der Waals surface area contributed by atoms with Crippen molar-refractivity contribution in [3.05, 3.63) is 35.9 Å². The van der Waals surface area contributed by atoms with Crippen molar-refractivity contribution in [3.8, 4) is 0 Å². The van der Waals surface area contributed by atoms with Crippen LogP contribution >= 0.6 is 0 Å². The van der Waals surface area contributed by atoms with Crippen LogP contribution in [0.2, 0.25) is 0 Å². The van der Waals surface area contributed by atoms with Gasteiger partial charge in [0.15, 0.2) is 0 Å². The number of aliphatic hydroxyl groups is 1. The maximum Gasteiger partial charge on any atom is 0.134 e. The largest absolute Gasteiger partial charge is 0.387 e. The molecule has 3 N–H and O–H groups in total. The Balaban J connectivity index is 2.00. The Morgan fingerprint density at radius 1 is 0.885 bits per heavy atom. The number of hydrogen-bond acceptors (Lipinski definition) is 3. The fourth-order valence-electron chi connectivity index (χ4n) is 3.36. The summed E-state index contributed by atoms with van der Waals surface area (Å²) in [5.74, 6) is 0.170. The summed E-state index contributed by atoms with van der Waals surface area (Å²) >= 11 is 0. The highest BCUT2D eigenvalue weighted by atomic mass is 16.3. The lowest BCUT2D eigenvalue weighted by Crippen LogP contribution is -2.31. The monoisotopic (exact) mass is 361 g/mol.